The van der Waals surface area contributed by atoms with Crippen LogP contribution in [0.3, 0.4) is 0 Å². The average molecular weight is 306 g/mol. The third kappa shape index (κ3) is 4.46. The van der Waals surface area contributed by atoms with Gasteiger partial charge in [-0.05, 0) is 50.2 Å². The molecule has 0 atom stereocenters. The van der Waals surface area contributed by atoms with Gasteiger partial charge in [0, 0.05) is 42.4 Å². The molecule has 1 aromatic heterocycles. The Labute approximate surface area is 131 Å². The van der Waals surface area contributed by atoms with Gasteiger partial charge in [0.15, 0.2) is 0 Å². The van der Waals surface area contributed by atoms with Crippen LogP contribution in [0.4, 0.5) is 11.4 Å². The molecule has 0 bridgehead atoms. The number of rotatable bonds is 5. The molecule has 2 aromatic rings. The van der Waals surface area contributed by atoms with E-state index in [9.17, 15) is 4.79 Å². The van der Waals surface area contributed by atoms with Crippen molar-refractivity contribution in [3.63, 3.8) is 0 Å². The van der Waals surface area contributed by atoms with E-state index >= 15 is 0 Å². The maximum absolute atomic E-state index is 12.0. The molecule has 5 heteroatoms. The zero-order valence-electron chi connectivity index (χ0n) is 12.2. The van der Waals surface area contributed by atoms with Crippen molar-refractivity contribution in [2.45, 2.75) is 13.8 Å². The molecule has 0 aliphatic heterocycles. The maximum atomic E-state index is 12.0. The van der Waals surface area contributed by atoms with Gasteiger partial charge in [-0.1, -0.05) is 0 Å². The monoisotopic (exact) mass is 305 g/mol. The highest BCUT2D eigenvalue weighted by atomic mass is 35.5. The molecule has 0 saturated heterocycles. The summed E-state index contributed by atoms with van der Waals surface area (Å²) in [6.45, 7) is 6.20. The summed E-state index contributed by atoms with van der Waals surface area (Å²) in [5, 5.41) is 2.88. The lowest BCUT2D eigenvalue weighted by Crippen LogP contribution is -2.21. The van der Waals surface area contributed by atoms with Gasteiger partial charge in [-0.3, -0.25) is 9.78 Å². The molecule has 112 valence electrons. The van der Waals surface area contributed by atoms with Gasteiger partial charge in [-0.25, -0.2) is 0 Å². The van der Waals surface area contributed by atoms with E-state index in [4.69, 9.17) is 0 Å². The number of hydrogen-bond donors (Lipinski definition) is 1. The summed E-state index contributed by atoms with van der Waals surface area (Å²) in [4.78, 5) is 18.2. The second kappa shape index (κ2) is 8.27. The lowest BCUT2D eigenvalue weighted by Gasteiger charge is -2.21. The van der Waals surface area contributed by atoms with Crippen LogP contribution in [-0.4, -0.2) is 24.0 Å². The second-order valence-electron chi connectivity index (χ2n) is 4.41. The Kier molecular flexibility index (Phi) is 6.69. The summed E-state index contributed by atoms with van der Waals surface area (Å²) in [5.41, 5.74) is 2.56. The number of benzene rings is 1. The largest absolute Gasteiger partial charge is 0.372 e. The fourth-order valence-electron chi connectivity index (χ4n) is 2.05. The van der Waals surface area contributed by atoms with Crippen molar-refractivity contribution in [2.75, 3.05) is 23.3 Å². The summed E-state index contributed by atoms with van der Waals surface area (Å²) in [6.07, 6.45) is 3.22. The van der Waals surface area contributed by atoms with E-state index in [2.05, 4.69) is 29.0 Å². The first-order valence-electron chi connectivity index (χ1n) is 6.81. The number of halogens is 1. The molecule has 0 spiro atoms. The Hall–Kier alpha value is -2.07. The molecular formula is C16H20ClN3O. The van der Waals surface area contributed by atoms with Gasteiger partial charge in [0.1, 0.15) is 0 Å². The van der Waals surface area contributed by atoms with E-state index in [1.807, 2.05) is 24.3 Å². The number of carbonyl (C=O) groups excluding carboxylic acids is 1. The van der Waals surface area contributed by atoms with E-state index in [1.54, 1.807) is 24.5 Å². The van der Waals surface area contributed by atoms with Crippen LogP contribution in [0.15, 0.2) is 48.8 Å². The minimum Gasteiger partial charge on any atom is -0.372 e. The van der Waals surface area contributed by atoms with Crippen molar-refractivity contribution in [3.05, 3.63) is 54.4 Å². The summed E-state index contributed by atoms with van der Waals surface area (Å²) in [5.74, 6) is -0.122. The molecule has 1 N–H and O–H groups in total. The first-order chi connectivity index (χ1) is 9.74. The van der Waals surface area contributed by atoms with Crippen LogP contribution < -0.4 is 10.2 Å². The molecule has 0 aliphatic rings. The molecule has 1 aromatic carbocycles. The van der Waals surface area contributed by atoms with Gasteiger partial charge in [0.2, 0.25) is 0 Å². The summed E-state index contributed by atoms with van der Waals surface area (Å²) in [7, 11) is 0. The molecule has 1 amide bonds. The third-order valence-electron chi connectivity index (χ3n) is 3.20. The van der Waals surface area contributed by atoms with Crippen molar-refractivity contribution in [2.24, 2.45) is 0 Å². The molecule has 1 heterocycles. The topological polar surface area (TPSA) is 45.2 Å². The Morgan fingerprint density at radius 3 is 2.14 bits per heavy atom. The zero-order chi connectivity index (χ0) is 14.4. The first-order valence-corrected chi connectivity index (χ1v) is 6.81. The van der Waals surface area contributed by atoms with Gasteiger partial charge in [-0.15, -0.1) is 12.4 Å². The van der Waals surface area contributed by atoms with Crippen molar-refractivity contribution >= 4 is 29.7 Å². The number of amides is 1. The summed E-state index contributed by atoms with van der Waals surface area (Å²) < 4.78 is 0. The van der Waals surface area contributed by atoms with E-state index in [0.29, 0.717) is 5.56 Å². The van der Waals surface area contributed by atoms with Crippen LogP contribution in [0.2, 0.25) is 0 Å². The van der Waals surface area contributed by atoms with Gasteiger partial charge in [0.05, 0.1) is 0 Å². The predicted molar refractivity (Wildman–Crippen MR) is 89.4 cm³/mol. The molecule has 0 saturated carbocycles. The number of nitrogens with one attached hydrogen (secondary N) is 1. The molecule has 0 fully saturated rings. The van der Waals surface area contributed by atoms with E-state index in [-0.39, 0.29) is 18.3 Å². The van der Waals surface area contributed by atoms with Crippen molar-refractivity contribution in [1.29, 1.82) is 0 Å². The van der Waals surface area contributed by atoms with Crippen molar-refractivity contribution in [3.8, 4) is 0 Å². The fourth-order valence-corrected chi connectivity index (χ4v) is 2.05. The van der Waals surface area contributed by atoms with E-state index in [1.165, 1.54) is 0 Å². The highest BCUT2D eigenvalue weighted by Gasteiger charge is 2.06. The molecular weight excluding hydrogens is 286 g/mol. The van der Waals surface area contributed by atoms with Crippen LogP contribution in [-0.2, 0) is 0 Å². The second-order valence-corrected chi connectivity index (χ2v) is 4.41. The van der Waals surface area contributed by atoms with Crippen molar-refractivity contribution in [1.82, 2.24) is 4.98 Å². The number of aromatic nitrogens is 1. The van der Waals surface area contributed by atoms with Crippen LogP contribution in [0.25, 0.3) is 0 Å². The van der Waals surface area contributed by atoms with Crippen LogP contribution in [0.5, 0.6) is 0 Å². The third-order valence-corrected chi connectivity index (χ3v) is 3.20. The van der Waals surface area contributed by atoms with Crippen LogP contribution in [0, 0.1) is 0 Å². The summed E-state index contributed by atoms with van der Waals surface area (Å²) in [6, 6.07) is 11.3. The highest BCUT2D eigenvalue weighted by Crippen LogP contribution is 2.18. The SMILES string of the molecule is CCN(CC)c1ccc(NC(=O)c2ccncc2)cc1.Cl. The molecule has 0 radical (unpaired) electrons. The quantitative estimate of drug-likeness (QED) is 0.918. The standard InChI is InChI=1S/C16H19N3O.ClH/c1-3-19(4-2)15-7-5-14(6-8-15)18-16(20)13-9-11-17-12-10-13;/h5-12H,3-4H2,1-2H3,(H,18,20);1H. The average Bonchev–Trinajstić information content (AvgIpc) is 2.51. The lowest BCUT2D eigenvalue weighted by atomic mass is 10.2. The number of carbonyl (C=O) groups is 1. The Bertz CT molecular complexity index is 553. The summed E-state index contributed by atoms with van der Waals surface area (Å²) >= 11 is 0. The van der Waals surface area contributed by atoms with E-state index < -0.39 is 0 Å². The first kappa shape index (κ1) is 17.0. The number of pyridine rings is 1. The number of hydrogen-bond acceptors (Lipinski definition) is 3. The van der Waals surface area contributed by atoms with Gasteiger partial charge >= 0.3 is 0 Å². The maximum Gasteiger partial charge on any atom is 0.255 e. The molecule has 4 nitrogen and oxygen atoms in total. The van der Waals surface area contributed by atoms with Gasteiger partial charge < -0.3 is 10.2 Å². The Morgan fingerprint density at radius 1 is 1.05 bits per heavy atom. The van der Waals surface area contributed by atoms with E-state index in [0.717, 1.165) is 24.5 Å². The fraction of sp³-hybridized carbons (Fsp3) is 0.250. The number of anilines is 2. The molecule has 2 rings (SSSR count). The lowest BCUT2D eigenvalue weighted by molar-refractivity contribution is 0.102. The Balaban J connectivity index is 0.00000220. The highest BCUT2D eigenvalue weighted by molar-refractivity contribution is 6.04. The van der Waals surface area contributed by atoms with Gasteiger partial charge in [0.25, 0.3) is 5.91 Å². The smallest absolute Gasteiger partial charge is 0.255 e. The normalized spacial score (nSPS) is 9.62. The van der Waals surface area contributed by atoms with Crippen LogP contribution in [0.1, 0.15) is 24.2 Å². The van der Waals surface area contributed by atoms with Crippen LogP contribution >= 0.6 is 12.4 Å². The number of nitrogens with zero attached hydrogens (tertiary/aromatic N) is 2. The minimum atomic E-state index is -0.122. The molecule has 21 heavy (non-hydrogen) atoms. The van der Waals surface area contributed by atoms with Crippen molar-refractivity contribution < 1.29 is 4.79 Å². The minimum absolute atomic E-state index is 0. The Morgan fingerprint density at radius 2 is 1.62 bits per heavy atom. The molecule has 0 aliphatic carbocycles. The molecule has 0 unspecified atom stereocenters. The zero-order valence-corrected chi connectivity index (χ0v) is 13.1. The predicted octanol–water partition coefficient (Wildman–Crippen LogP) is 3.60. The van der Waals surface area contributed by atoms with Gasteiger partial charge in [-0.2, -0.15) is 0 Å².